The van der Waals surface area contributed by atoms with E-state index in [1.807, 2.05) is 6.92 Å². The third-order valence-electron chi connectivity index (χ3n) is 4.82. The van der Waals surface area contributed by atoms with Crippen LogP contribution < -0.4 is 5.32 Å². The minimum Gasteiger partial charge on any atom is -0.462 e. The summed E-state index contributed by atoms with van der Waals surface area (Å²) in [6.07, 6.45) is 12.5. The lowest BCUT2D eigenvalue weighted by Crippen LogP contribution is -2.15. The average Bonchev–Trinajstić information content (AvgIpc) is 3.00. The maximum atomic E-state index is 12.5. The van der Waals surface area contributed by atoms with E-state index >= 15 is 0 Å². The van der Waals surface area contributed by atoms with E-state index in [0.29, 0.717) is 23.6 Å². The van der Waals surface area contributed by atoms with Crippen LogP contribution in [0.25, 0.3) is 0 Å². The van der Waals surface area contributed by atoms with Gasteiger partial charge in [0, 0.05) is 11.3 Å². The zero-order valence-corrected chi connectivity index (χ0v) is 17.1. The molecule has 1 N–H and O–H groups in total. The standard InChI is InChI=1S/C21H33NO3S/c1-3-5-6-7-8-9-14-18(23)22-20-19(21(24)25-15-4-2)16-12-10-11-13-17(16)26-20/h3-15H2,1-2H3,(H,22,23). The van der Waals surface area contributed by atoms with Crippen LogP contribution in [0, 0.1) is 0 Å². The zero-order valence-electron chi connectivity index (χ0n) is 16.3. The third-order valence-corrected chi connectivity index (χ3v) is 6.03. The van der Waals surface area contributed by atoms with Crippen LogP contribution in [-0.2, 0) is 22.4 Å². The Labute approximate surface area is 161 Å². The highest BCUT2D eigenvalue weighted by atomic mass is 32.1. The molecule has 0 atom stereocenters. The molecule has 1 amide bonds. The van der Waals surface area contributed by atoms with E-state index in [9.17, 15) is 9.59 Å². The first-order valence-electron chi connectivity index (χ1n) is 10.3. The fraction of sp³-hybridized carbons (Fsp3) is 0.714. The van der Waals surface area contributed by atoms with Gasteiger partial charge >= 0.3 is 5.97 Å². The van der Waals surface area contributed by atoms with Crippen molar-refractivity contribution in [1.82, 2.24) is 0 Å². The van der Waals surface area contributed by atoms with Crippen molar-refractivity contribution in [3.8, 4) is 0 Å². The predicted molar refractivity (Wildman–Crippen MR) is 108 cm³/mol. The maximum Gasteiger partial charge on any atom is 0.341 e. The van der Waals surface area contributed by atoms with E-state index in [2.05, 4.69) is 12.2 Å². The number of esters is 1. The zero-order chi connectivity index (χ0) is 18.8. The summed E-state index contributed by atoms with van der Waals surface area (Å²) in [5, 5.41) is 3.71. The summed E-state index contributed by atoms with van der Waals surface area (Å²) in [7, 11) is 0. The summed E-state index contributed by atoms with van der Waals surface area (Å²) in [6.45, 7) is 4.62. The predicted octanol–water partition coefficient (Wildman–Crippen LogP) is 5.88. The molecule has 2 rings (SSSR count). The molecular formula is C21H33NO3S. The van der Waals surface area contributed by atoms with E-state index in [0.717, 1.165) is 50.5 Å². The minimum absolute atomic E-state index is 0.0172. The molecule has 0 aliphatic heterocycles. The van der Waals surface area contributed by atoms with Crippen molar-refractivity contribution >= 4 is 28.2 Å². The van der Waals surface area contributed by atoms with E-state index in [-0.39, 0.29) is 11.9 Å². The quantitative estimate of drug-likeness (QED) is 0.386. The number of hydrogen-bond donors (Lipinski definition) is 1. The number of rotatable bonds is 11. The molecule has 1 aromatic rings. The molecule has 5 heteroatoms. The summed E-state index contributed by atoms with van der Waals surface area (Å²) >= 11 is 1.57. The lowest BCUT2D eigenvalue weighted by molar-refractivity contribution is -0.116. The van der Waals surface area contributed by atoms with Crippen molar-refractivity contribution in [3.63, 3.8) is 0 Å². The Bertz CT molecular complexity index is 594. The number of anilines is 1. The van der Waals surface area contributed by atoms with Crippen molar-refractivity contribution in [2.45, 2.75) is 90.9 Å². The minimum atomic E-state index is -0.277. The molecule has 0 saturated carbocycles. The van der Waals surface area contributed by atoms with Crippen molar-refractivity contribution in [2.75, 3.05) is 11.9 Å². The molecule has 26 heavy (non-hydrogen) atoms. The van der Waals surface area contributed by atoms with Crippen LogP contribution in [0.15, 0.2) is 0 Å². The SMILES string of the molecule is CCCCCCCCC(=O)Nc1sc2c(c1C(=O)OCCC)CCCC2. The Kier molecular flexibility index (Phi) is 9.16. The molecule has 0 saturated heterocycles. The molecular weight excluding hydrogens is 346 g/mol. The number of hydrogen-bond acceptors (Lipinski definition) is 4. The third kappa shape index (κ3) is 6.11. The smallest absolute Gasteiger partial charge is 0.341 e. The van der Waals surface area contributed by atoms with Crippen molar-refractivity contribution < 1.29 is 14.3 Å². The highest BCUT2D eigenvalue weighted by molar-refractivity contribution is 7.17. The number of carbonyl (C=O) groups excluding carboxylic acids is 2. The summed E-state index contributed by atoms with van der Waals surface area (Å²) < 4.78 is 5.38. The van der Waals surface area contributed by atoms with Gasteiger partial charge in [0.2, 0.25) is 5.91 Å². The number of unbranched alkanes of at least 4 members (excludes halogenated alkanes) is 5. The van der Waals surface area contributed by atoms with Gasteiger partial charge in [0.15, 0.2) is 0 Å². The largest absolute Gasteiger partial charge is 0.462 e. The molecule has 146 valence electrons. The van der Waals surface area contributed by atoms with Gasteiger partial charge in [-0.15, -0.1) is 11.3 Å². The number of thiophene rings is 1. The second-order valence-corrected chi connectivity index (χ2v) is 8.22. The summed E-state index contributed by atoms with van der Waals surface area (Å²) in [4.78, 5) is 26.1. The summed E-state index contributed by atoms with van der Waals surface area (Å²) in [5.74, 6) is -0.259. The first kappa shape index (κ1) is 20.9. The number of amides is 1. The Morgan fingerprint density at radius 1 is 1.00 bits per heavy atom. The highest BCUT2D eigenvalue weighted by Crippen LogP contribution is 2.38. The average molecular weight is 380 g/mol. The lowest BCUT2D eigenvalue weighted by atomic mass is 9.95. The second-order valence-electron chi connectivity index (χ2n) is 7.12. The molecule has 1 heterocycles. The monoisotopic (exact) mass is 379 g/mol. The molecule has 0 fully saturated rings. The molecule has 0 unspecified atom stereocenters. The summed E-state index contributed by atoms with van der Waals surface area (Å²) in [6, 6.07) is 0. The first-order chi connectivity index (χ1) is 12.7. The Morgan fingerprint density at radius 3 is 2.50 bits per heavy atom. The van der Waals surface area contributed by atoms with Crippen LogP contribution in [0.3, 0.4) is 0 Å². The van der Waals surface area contributed by atoms with Crippen LogP contribution in [0.4, 0.5) is 5.00 Å². The number of nitrogens with one attached hydrogen (secondary N) is 1. The van der Waals surface area contributed by atoms with Gasteiger partial charge in [-0.05, 0) is 44.1 Å². The van der Waals surface area contributed by atoms with Gasteiger partial charge in [-0.3, -0.25) is 4.79 Å². The van der Waals surface area contributed by atoms with Crippen molar-refractivity contribution in [2.24, 2.45) is 0 Å². The molecule has 4 nitrogen and oxygen atoms in total. The number of ether oxygens (including phenoxy) is 1. The molecule has 0 radical (unpaired) electrons. The molecule has 0 spiro atoms. The first-order valence-corrected chi connectivity index (χ1v) is 11.1. The fourth-order valence-electron chi connectivity index (χ4n) is 3.39. The van der Waals surface area contributed by atoms with Gasteiger partial charge in [0.25, 0.3) is 0 Å². The van der Waals surface area contributed by atoms with E-state index < -0.39 is 0 Å². The van der Waals surface area contributed by atoms with Gasteiger partial charge in [0.1, 0.15) is 5.00 Å². The van der Waals surface area contributed by atoms with Gasteiger partial charge in [0.05, 0.1) is 12.2 Å². The van der Waals surface area contributed by atoms with Gasteiger partial charge in [-0.1, -0.05) is 46.0 Å². The number of aryl methyl sites for hydroxylation is 1. The number of carbonyl (C=O) groups is 2. The molecule has 1 aromatic heterocycles. The van der Waals surface area contributed by atoms with Crippen LogP contribution in [0.2, 0.25) is 0 Å². The van der Waals surface area contributed by atoms with Crippen LogP contribution >= 0.6 is 11.3 Å². The topological polar surface area (TPSA) is 55.4 Å². The second kappa shape index (κ2) is 11.4. The van der Waals surface area contributed by atoms with Gasteiger partial charge in [-0.25, -0.2) is 4.79 Å². The Balaban J connectivity index is 1.95. The molecule has 0 bridgehead atoms. The van der Waals surface area contributed by atoms with Crippen LogP contribution in [0.5, 0.6) is 0 Å². The molecule has 1 aliphatic rings. The normalized spacial score (nSPS) is 13.3. The van der Waals surface area contributed by atoms with E-state index in [1.165, 1.54) is 30.6 Å². The Morgan fingerprint density at radius 2 is 1.73 bits per heavy atom. The van der Waals surface area contributed by atoms with E-state index in [1.54, 1.807) is 11.3 Å². The molecule has 1 aliphatic carbocycles. The van der Waals surface area contributed by atoms with E-state index in [4.69, 9.17) is 4.74 Å². The van der Waals surface area contributed by atoms with Gasteiger partial charge in [-0.2, -0.15) is 0 Å². The van der Waals surface area contributed by atoms with Crippen LogP contribution in [0.1, 0.15) is 98.9 Å². The Hall–Kier alpha value is -1.36. The number of fused-ring (bicyclic) bond motifs is 1. The highest BCUT2D eigenvalue weighted by Gasteiger charge is 2.27. The summed E-state index contributed by atoms with van der Waals surface area (Å²) in [5.41, 5.74) is 1.73. The molecule has 0 aromatic carbocycles. The van der Waals surface area contributed by atoms with Gasteiger partial charge < -0.3 is 10.1 Å². The van der Waals surface area contributed by atoms with Crippen molar-refractivity contribution in [1.29, 1.82) is 0 Å². The lowest BCUT2D eigenvalue weighted by Gasteiger charge is -2.12. The maximum absolute atomic E-state index is 12.5. The fourth-order valence-corrected chi connectivity index (χ4v) is 4.69. The van der Waals surface area contributed by atoms with Crippen LogP contribution in [-0.4, -0.2) is 18.5 Å². The van der Waals surface area contributed by atoms with Crippen molar-refractivity contribution in [3.05, 3.63) is 16.0 Å².